The molecule has 0 radical (unpaired) electrons. The summed E-state index contributed by atoms with van der Waals surface area (Å²) in [6.07, 6.45) is 4.62. The van der Waals surface area contributed by atoms with Gasteiger partial charge in [0.15, 0.2) is 0 Å². The lowest BCUT2D eigenvalue weighted by molar-refractivity contribution is 0.476. The first-order valence-electron chi connectivity index (χ1n) is 3.70. The molecule has 66 valence electrons. The average molecular weight is 177 g/mol. The van der Waals surface area contributed by atoms with E-state index in [0.29, 0.717) is 5.75 Å². The molecule has 2 rings (SSSR count). The van der Waals surface area contributed by atoms with Crippen molar-refractivity contribution < 1.29 is 4.74 Å². The highest BCUT2D eigenvalue weighted by Crippen LogP contribution is 2.14. The third-order valence-corrected chi connectivity index (χ3v) is 1.47. The minimum absolute atomic E-state index is 0.230. The van der Waals surface area contributed by atoms with Gasteiger partial charge in [-0.1, -0.05) is 0 Å². The van der Waals surface area contributed by atoms with Gasteiger partial charge < -0.3 is 9.84 Å². The van der Waals surface area contributed by atoms with Crippen molar-refractivity contribution in [1.29, 1.82) is 0 Å². The van der Waals surface area contributed by atoms with Gasteiger partial charge in [-0.15, -0.1) is 0 Å². The number of nitrogens with zero attached hydrogens (tertiary/aromatic N) is 1. The number of hydrogen-bond acceptors (Lipinski definition) is 3. The highest BCUT2D eigenvalue weighted by Gasteiger charge is 2.01. The van der Waals surface area contributed by atoms with E-state index >= 15 is 0 Å². The Balaban J connectivity index is 2.25. The van der Waals surface area contributed by atoms with Crippen LogP contribution in [0.25, 0.3) is 0 Å². The van der Waals surface area contributed by atoms with Crippen LogP contribution < -0.4 is 10.3 Å². The second-order valence-corrected chi connectivity index (χ2v) is 2.40. The molecule has 0 spiro atoms. The Kier molecular flexibility index (Phi) is 1.84. The summed E-state index contributed by atoms with van der Waals surface area (Å²) in [5, 5.41) is 4.90. The number of aromatic amines is 2. The number of aromatic nitrogens is 3. The van der Waals surface area contributed by atoms with Crippen LogP contribution in [0, 0.1) is 0 Å². The number of nitrogens with one attached hydrogen (secondary N) is 2. The van der Waals surface area contributed by atoms with Gasteiger partial charge in [-0.25, -0.2) is 0 Å². The Morgan fingerprint density at radius 2 is 2.38 bits per heavy atom. The second-order valence-electron chi connectivity index (χ2n) is 2.40. The van der Waals surface area contributed by atoms with Crippen LogP contribution in [-0.4, -0.2) is 15.2 Å². The molecular weight excluding hydrogens is 170 g/mol. The molecule has 2 N–H and O–H groups in total. The molecule has 2 aromatic rings. The van der Waals surface area contributed by atoms with Gasteiger partial charge >= 0.3 is 5.56 Å². The molecule has 5 heteroatoms. The standard InChI is InChI=1S/C8H7N3O2/c12-8-7(5-10-11-8)13-6-2-1-3-9-4-6/h1-5H,(H2,10,11,12). The number of rotatable bonds is 2. The van der Waals surface area contributed by atoms with E-state index < -0.39 is 0 Å². The smallest absolute Gasteiger partial charge is 0.306 e. The molecule has 0 aliphatic heterocycles. The molecule has 2 aromatic heterocycles. The summed E-state index contributed by atoms with van der Waals surface area (Å²) >= 11 is 0. The predicted octanol–water partition coefficient (Wildman–Crippen LogP) is 0.890. The monoisotopic (exact) mass is 177 g/mol. The molecule has 0 aromatic carbocycles. The molecule has 13 heavy (non-hydrogen) atoms. The maximum atomic E-state index is 11.0. The zero-order valence-corrected chi connectivity index (χ0v) is 6.65. The number of ether oxygens (including phenoxy) is 1. The third-order valence-electron chi connectivity index (χ3n) is 1.47. The molecule has 0 fully saturated rings. The van der Waals surface area contributed by atoms with Gasteiger partial charge in [-0.2, -0.15) is 0 Å². The first-order valence-corrected chi connectivity index (χ1v) is 3.70. The molecule has 0 unspecified atom stereocenters. The van der Waals surface area contributed by atoms with E-state index in [2.05, 4.69) is 15.2 Å². The molecular formula is C8H7N3O2. The number of pyridine rings is 1. The van der Waals surface area contributed by atoms with Crippen molar-refractivity contribution in [3.63, 3.8) is 0 Å². The summed E-state index contributed by atoms with van der Waals surface area (Å²) in [4.78, 5) is 14.8. The molecule has 5 nitrogen and oxygen atoms in total. The Bertz CT molecular complexity index is 432. The molecule has 0 aliphatic rings. The van der Waals surface area contributed by atoms with E-state index in [9.17, 15) is 4.79 Å². The highest BCUT2D eigenvalue weighted by atomic mass is 16.5. The molecule has 0 atom stereocenters. The Hall–Kier alpha value is -2.04. The summed E-state index contributed by atoms with van der Waals surface area (Å²) in [6.45, 7) is 0. The van der Waals surface area contributed by atoms with Crippen LogP contribution in [-0.2, 0) is 0 Å². The quantitative estimate of drug-likeness (QED) is 0.715. The second kappa shape index (κ2) is 3.14. The summed E-state index contributed by atoms with van der Waals surface area (Å²) in [6, 6.07) is 3.45. The largest absolute Gasteiger partial charge is 0.448 e. The van der Waals surface area contributed by atoms with E-state index in [-0.39, 0.29) is 11.3 Å². The normalized spacial score (nSPS) is 9.85. The van der Waals surface area contributed by atoms with E-state index in [4.69, 9.17) is 4.74 Å². The Morgan fingerprint density at radius 3 is 3.00 bits per heavy atom. The molecule has 2 heterocycles. The van der Waals surface area contributed by atoms with Crippen molar-refractivity contribution in [1.82, 2.24) is 15.2 Å². The Morgan fingerprint density at radius 1 is 1.46 bits per heavy atom. The van der Waals surface area contributed by atoms with Gasteiger partial charge in [-0.05, 0) is 12.1 Å². The van der Waals surface area contributed by atoms with Crippen molar-refractivity contribution in [3.05, 3.63) is 41.1 Å². The average Bonchev–Trinajstić information content (AvgIpc) is 2.54. The van der Waals surface area contributed by atoms with E-state index in [1.165, 1.54) is 12.4 Å². The van der Waals surface area contributed by atoms with Crippen LogP contribution in [0.5, 0.6) is 11.5 Å². The van der Waals surface area contributed by atoms with Gasteiger partial charge in [0, 0.05) is 6.20 Å². The van der Waals surface area contributed by atoms with Crippen molar-refractivity contribution in [2.75, 3.05) is 0 Å². The predicted molar refractivity (Wildman–Crippen MR) is 45.7 cm³/mol. The van der Waals surface area contributed by atoms with Crippen molar-refractivity contribution in [2.24, 2.45) is 0 Å². The highest BCUT2D eigenvalue weighted by molar-refractivity contribution is 5.24. The fourth-order valence-corrected chi connectivity index (χ4v) is 0.905. The lowest BCUT2D eigenvalue weighted by Crippen LogP contribution is -2.01. The van der Waals surface area contributed by atoms with Crippen LogP contribution >= 0.6 is 0 Å². The topological polar surface area (TPSA) is 70.8 Å². The Labute approximate surface area is 73.4 Å². The SMILES string of the molecule is O=c1[nH][nH]cc1Oc1cccnc1. The van der Waals surface area contributed by atoms with E-state index in [1.54, 1.807) is 18.3 Å². The first-order chi connectivity index (χ1) is 6.36. The van der Waals surface area contributed by atoms with Gasteiger partial charge in [-0.3, -0.25) is 14.9 Å². The zero-order valence-electron chi connectivity index (χ0n) is 6.65. The molecule has 0 aliphatic carbocycles. The summed E-state index contributed by atoms with van der Waals surface area (Å²) in [7, 11) is 0. The van der Waals surface area contributed by atoms with Gasteiger partial charge in [0.2, 0.25) is 5.75 Å². The first kappa shape index (κ1) is 7.60. The zero-order chi connectivity index (χ0) is 9.10. The van der Waals surface area contributed by atoms with Crippen LogP contribution in [0.3, 0.4) is 0 Å². The lowest BCUT2D eigenvalue weighted by Gasteiger charge is -1.98. The van der Waals surface area contributed by atoms with Crippen LogP contribution in [0.2, 0.25) is 0 Å². The summed E-state index contributed by atoms with van der Waals surface area (Å²) in [5.74, 6) is 0.764. The molecule has 0 saturated heterocycles. The number of H-pyrrole nitrogens is 2. The molecule has 0 amide bonds. The van der Waals surface area contributed by atoms with Crippen LogP contribution in [0.4, 0.5) is 0 Å². The van der Waals surface area contributed by atoms with Crippen LogP contribution in [0.15, 0.2) is 35.5 Å². The van der Waals surface area contributed by atoms with Gasteiger partial charge in [0.1, 0.15) is 5.75 Å². The third kappa shape index (κ3) is 1.58. The fraction of sp³-hybridized carbons (Fsp3) is 0. The fourth-order valence-electron chi connectivity index (χ4n) is 0.905. The van der Waals surface area contributed by atoms with Crippen molar-refractivity contribution in [3.8, 4) is 11.5 Å². The summed E-state index contributed by atoms with van der Waals surface area (Å²) in [5.41, 5.74) is -0.288. The van der Waals surface area contributed by atoms with Crippen LogP contribution in [0.1, 0.15) is 0 Å². The lowest BCUT2D eigenvalue weighted by atomic mass is 10.4. The van der Waals surface area contributed by atoms with Gasteiger partial charge in [0.05, 0.1) is 12.4 Å². The van der Waals surface area contributed by atoms with E-state index in [1.807, 2.05) is 0 Å². The summed E-state index contributed by atoms with van der Waals surface area (Å²) < 4.78 is 5.21. The van der Waals surface area contributed by atoms with Crippen molar-refractivity contribution in [2.45, 2.75) is 0 Å². The molecule has 0 saturated carbocycles. The minimum Gasteiger partial charge on any atom is -0.448 e. The van der Waals surface area contributed by atoms with E-state index in [0.717, 1.165) is 0 Å². The molecule has 0 bridgehead atoms. The maximum Gasteiger partial charge on any atom is 0.306 e. The maximum absolute atomic E-state index is 11.0. The number of hydrogen-bond donors (Lipinski definition) is 2. The minimum atomic E-state index is -0.288. The van der Waals surface area contributed by atoms with Gasteiger partial charge in [0.25, 0.3) is 0 Å². The van der Waals surface area contributed by atoms with Crippen molar-refractivity contribution >= 4 is 0 Å².